The normalized spacial score (nSPS) is 12.2. The zero-order chi connectivity index (χ0) is 28.6. The van der Waals surface area contributed by atoms with Crippen molar-refractivity contribution in [2.45, 2.75) is 46.2 Å². The van der Waals surface area contributed by atoms with E-state index < -0.39 is 16.1 Å². The molecular weight excluding hydrogens is 573 g/mol. The predicted molar refractivity (Wildman–Crippen MR) is 154 cm³/mol. The van der Waals surface area contributed by atoms with Crippen molar-refractivity contribution in [1.29, 1.82) is 0 Å². The molecule has 1 N–H and O–H groups in total. The van der Waals surface area contributed by atoms with E-state index in [-0.39, 0.29) is 48.7 Å². The lowest BCUT2D eigenvalue weighted by atomic mass is 10.1. The highest BCUT2D eigenvalue weighted by atomic mass is 35.5. The molecule has 0 saturated heterocycles. The Morgan fingerprint density at radius 2 is 1.68 bits per heavy atom. The Bertz CT molecular complexity index is 1240. The summed E-state index contributed by atoms with van der Waals surface area (Å²) in [7, 11) is -2.19. The lowest BCUT2D eigenvalue weighted by molar-refractivity contribution is -0.140. The second-order valence-corrected chi connectivity index (χ2v) is 12.5. The molecule has 1 atom stereocenters. The van der Waals surface area contributed by atoms with Crippen molar-refractivity contribution < 1.29 is 22.7 Å². The third-order valence-corrected chi connectivity index (χ3v) is 7.99. The molecule has 0 radical (unpaired) electrons. The minimum atomic E-state index is -3.66. The number of benzene rings is 2. The Morgan fingerprint density at radius 1 is 1.00 bits per heavy atom. The summed E-state index contributed by atoms with van der Waals surface area (Å²) in [4.78, 5) is 27.7. The number of methoxy groups -OCH3 is 1. The number of anilines is 1. The number of rotatable bonds is 13. The molecule has 0 aliphatic carbocycles. The Morgan fingerprint density at radius 3 is 2.24 bits per heavy atom. The smallest absolute Gasteiger partial charge is 0.242 e. The molecule has 2 rings (SSSR count). The Labute approximate surface area is 240 Å². The van der Waals surface area contributed by atoms with Crippen LogP contribution in [-0.4, -0.2) is 57.6 Å². The van der Waals surface area contributed by atoms with E-state index >= 15 is 0 Å². The molecule has 2 amide bonds. The van der Waals surface area contributed by atoms with Crippen LogP contribution in [0, 0.1) is 5.92 Å². The monoisotopic (exact) mass is 605 g/mol. The molecule has 210 valence electrons. The van der Waals surface area contributed by atoms with Gasteiger partial charge in [0.1, 0.15) is 11.8 Å². The van der Waals surface area contributed by atoms with Crippen molar-refractivity contribution in [3.05, 3.63) is 57.0 Å². The summed E-state index contributed by atoms with van der Waals surface area (Å²) in [5, 5.41) is 3.86. The van der Waals surface area contributed by atoms with Gasteiger partial charge in [-0.1, -0.05) is 54.7 Å². The Hall–Kier alpha value is -2.20. The van der Waals surface area contributed by atoms with Crippen LogP contribution in [-0.2, 0) is 26.2 Å². The van der Waals surface area contributed by atoms with Gasteiger partial charge in [0.15, 0.2) is 0 Å². The maximum atomic E-state index is 13.4. The largest absolute Gasteiger partial charge is 0.495 e. The fourth-order valence-corrected chi connectivity index (χ4v) is 5.21. The molecule has 2 aromatic carbocycles. The van der Waals surface area contributed by atoms with Gasteiger partial charge in [0.25, 0.3) is 0 Å². The molecule has 0 fully saturated rings. The van der Waals surface area contributed by atoms with E-state index in [9.17, 15) is 18.0 Å². The lowest BCUT2D eigenvalue weighted by Gasteiger charge is -2.30. The van der Waals surface area contributed by atoms with E-state index in [1.54, 1.807) is 37.3 Å². The van der Waals surface area contributed by atoms with Crippen LogP contribution in [0.5, 0.6) is 5.75 Å². The van der Waals surface area contributed by atoms with Crippen molar-refractivity contribution in [3.63, 3.8) is 0 Å². The predicted octanol–water partition coefficient (Wildman–Crippen LogP) is 5.39. The Kier molecular flexibility index (Phi) is 12.0. The van der Waals surface area contributed by atoms with Crippen LogP contribution in [0.25, 0.3) is 0 Å². The zero-order valence-corrected chi connectivity index (χ0v) is 25.2. The number of hydrogen-bond acceptors (Lipinski definition) is 5. The summed E-state index contributed by atoms with van der Waals surface area (Å²) in [6, 6.07) is 8.94. The molecule has 0 heterocycles. The van der Waals surface area contributed by atoms with Crippen LogP contribution < -0.4 is 14.4 Å². The molecule has 1 unspecified atom stereocenters. The van der Waals surface area contributed by atoms with Crippen molar-refractivity contribution in [3.8, 4) is 5.75 Å². The van der Waals surface area contributed by atoms with Crippen LogP contribution in [0.2, 0.25) is 15.1 Å². The first-order valence-electron chi connectivity index (χ1n) is 12.1. The molecule has 2 aromatic rings. The van der Waals surface area contributed by atoms with Crippen LogP contribution >= 0.6 is 34.8 Å². The minimum absolute atomic E-state index is 0.0129. The summed E-state index contributed by atoms with van der Waals surface area (Å²) in [6.07, 6.45) is 1.32. The highest BCUT2D eigenvalue weighted by Crippen LogP contribution is 2.30. The molecule has 12 heteroatoms. The maximum absolute atomic E-state index is 13.4. The molecule has 8 nitrogen and oxygen atoms in total. The van der Waals surface area contributed by atoms with Gasteiger partial charge in [-0.2, -0.15) is 0 Å². The summed E-state index contributed by atoms with van der Waals surface area (Å²) in [6.45, 7) is 6.27. The SMILES string of the molecule is COc1ccc(N(CCCC(=O)N(Cc2ccc(Cl)c(Cl)c2)C(C)C(=O)NCC(C)C)S(C)(=O)=O)cc1Cl. The summed E-state index contributed by atoms with van der Waals surface area (Å²) >= 11 is 18.4. The highest BCUT2D eigenvalue weighted by Gasteiger charge is 2.27. The van der Waals surface area contributed by atoms with Gasteiger partial charge in [-0.25, -0.2) is 8.42 Å². The highest BCUT2D eigenvalue weighted by molar-refractivity contribution is 7.92. The van der Waals surface area contributed by atoms with E-state index in [4.69, 9.17) is 39.5 Å². The van der Waals surface area contributed by atoms with E-state index in [2.05, 4.69) is 5.32 Å². The molecular formula is C26H34Cl3N3O5S. The number of carbonyl (C=O) groups excluding carboxylic acids is 2. The summed E-state index contributed by atoms with van der Waals surface area (Å²) in [5.74, 6) is 0.0859. The van der Waals surface area contributed by atoms with Gasteiger partial charge in [-0.15, -0.1) is 0 Å². The lowest BCUT2D eigenvalue weighted by Crippen LogP contribution is -2.48. The second kappa shape index (κ2) is 14.3. The average molecular weight is 607 g/mol. The summed E-state index contributed by atoms with van der Waals surface area (Å²) < 4.78 is 31.4. The average Bonchev–Trinajstić information content (AvgIpc) is 2.84. The third-order valence-electron chi connectivity index (χ3n) is 5.76. The van der Waals surface area contributed by atoms with Crippen molar-refractivity contribution in [2.75, 3.05) is 30.8 Å². The number of carbonyl (C=O) groups is 2. The fraction of sp³-hybridized carbons (Fsp3) is 0.462. The van der Waals surface area contributed by atoms with Gasteiger partial charge in [0.2, 0.25) is 21.8 Å². The number of nitrogens with one attached hydrogen (secondary N) is 1. The Balaban J connectivity index is 2.21. The number of nitrogens with zero attached hydrogens (tertiary/aromatic N) is 2. The number of ether oxygens (including phenoxy) is 1. The van der Waals surface area contributed by atoms with Gasteiger partial charge >= 0.3 is 0 Å². The molecule has 0 bridgehead atoms. The maximum Gasteiger partial charge on any atom is 0.242 e. The van der Waals surface area contributed by atoms with Crippen LogP contribution in [0.1, 0.15) is 39.2 Å². The minimum Gasteiger partial charge on any atom is -0.495 e. The van der Waals surface area contributed by atoms with Crippen molar-refractivity contribution in [2.24, 2.45) is 5.92 Å². The topological polar surface area (TPSA) is 96.0 Å². The molecule has 38 heavy (non-hydrogen) atoms. The first-order valence-corrected chi connectivity index (χ1v) is 15.0. The van der Waals surface area contributed by atoms with E-state index in [0.29, 0.717) is 33.6 Å². The number of sulfonamides is 1. The number of amides is 2. The number of halogens is 3. The summed E-state index contributed by atoms with van der Waals surface area (Å²) in [5.41, 5.74) is 1.07. The van der Waals surface area contributed by atoms with Crippen LogP contribution in [0.15, 0.2) is 36.4 Å². The van der Waals surface area contributed by atoms with Gasteiger partial charge in [-0.05, 0) is 55.2 Å². The van der Waals surface area contributed by atoms with Gasteiger partial charge in [-0.3, -0.25) is 13.9 Å². The van der Waals surface area contributed by atoms with E-state index in [1.165, 1.54) is 22.4 Å². The van der Waals surface area contributed by atoms with E-state index in [1.807, 2.05) is 13.8 Å². The van der Waals surface area contributed by atoms with Crippen LogP contribution in [0.3, 0.4) is 0 Å². The van der Waals surface area contributed by atoms with Gasteiger partial charge < -0.3 is 15.0 Å². The first-order chi connectivity index (χ1) is 17.7. The first kappa shape index (κ1) is 32.0. The molecule has 0 aliphatic heterocycles. The third kappa shape index (κ3) is 9.22. The zero-order valence-electron chi connectivity index (χ0n) is 22.1. The van der Waals surface area contributed by atoms with Gasteiger partial charge in [0, 0.05) is 26.1 Å². The quantitative estimate of drug-likeness (QED) is 0.330. The van der Waals surface area contributed by atoms with E-state index in [0.717, 1.165) is 6.26 Å². The molecule has 0 aliphatic rings. The van der Waals surface area contributed by atoms with Crippen molar-refractivity contribution >= 4 is 62.3 Å². The van der Waals surface area contributed by atoms with Crippen molar-refractivity contribution in [1.82, 2.24) is 10.2 Å². The molecule has 0 spiro atoms. The van der Waals surface area contributed by atoms with Crippen LogP contribution in [0.4, 0.5) is 5.69 Å². The fourth-order valence-electron chi connectivity index (χ4n) is 3.68. The number of hydrogen-bond donors (Lipinski definition) is 1. The van der Waals surface area contributed by atoms with Gasteiger partial charge in [0.05, 0.1) is 34.1 Å². The molecule has 0 aromatic heterocycles. The second-order valence-electron chi connectivity index (χ2n) is 9.34. The standard InChI is InChI=1S/C26H34Cl3N3O5S/c1-17(2)15-30-26(34)18(3)31(16-19-8-10-21(27)22(28)13-19)25(33)7-6-12-32(38(5,35)36)20-9-11-24(37-4)23(29)14-20/h8-11,13-14,17-18H,6-7,12,15-16H2,1-5H3,(H,30,34). The molecule has 0 saturated carbocycles.